The summed E-state index contributed by atoms with van der Waals surface area (Å²) in [5, 5.41) is 35.2. The summed E-state index contributed by atoms with van der Waals surface area (Å²) in [5.74, 6) is -5.08. The summed E-state index contributed by atoms with van der Waals surface area (Å²) in [6.45, 7) is 4.97. The monoisotopic (exact) mass is 811 g/mol. The molecule has 6 atom stereocenters. The van der Waals surface area contributed by atoms with Crippen LogP contribution in [0.15, 0.2) is 48.5 Å². The number of nitrogens with one attached hydrogen (secondary N) is 6. The van der Waals surface area contributed by atoms with Gasteiger partial charge in [-0.2, -0.15) is 0 Å². The molecule has 18 nitrogen and oxygen atoms in total. The van der Waals surface area contributed by atoms with Crippen molar-refractivity contribution in [2.24, 2.45) is 23.1 Å². The van der Waals surface area contributed by atoms with E-state index >= 15 is 0 Å². The van der Waals surface area contributed by atoms with Gasteiger partial charge in [-0.15, -0.1) is 0 Å². The van der Waals surface area contributed by atoms with Crippen LogP contribution < -0.4 is 49.1 Å². The van der Waals surface area contributed by atoms with Crippen molar-refractivity contribution in [1.82, 2.24) is 31.9 Å². The summed E-state index contributed by atoms with van der Waals surface area (Å²) in [7, 11) is 0. The third-order valence-corrected chi connectivity index (χ3v) is 9.50. The summed E-state index contributed by atoms with van der Waals surface area (Å²) in [6, 6.07) is 6.48. The van der Waals surface area contributed by atoms with Crippen LogP contribution in [-0.4, -0.2) is 101 Å². The van der Waals surface area contributed by atoms with E-state index in [2.05, 4.69) is 31.9 Å². The van der Waals surface area contributed by atoms with Crippen LogP contribution in [0.25, 0.3) is 0 Å². The molecular weight excluding hydrogens is 750 g/mol. The van der Waals surface area contributed by atoms with Gasteiger partial charge in [-0.25, -0.2) is 0 Å². The Hall–Kier alpha value is -5.75. The minimum Gasteiger partial charge on any atom is -0.508 e. The highest BCUT2D eigenvalue weighted by Gasteiger charge is 2.32. The lowest BCUT2D eigenvalue weighted by Gasteiger charge is -2.27. The fraction of sp³-hybridized carbons (Fsp3) is 0.525. The maximum Gasteiger partial charge on any atom is 0.243 e. The number of rotatable bonds is 26. The zero-order chi connectivity index (χ0) is 43.2. The zero-order valence-electron chi connectivity index (χ0n) is 33.6. The number of nitrogens with two attached hydrogens (primary N) is 3. The Balaban J connectivity index is 2.22. The molecule has 7 amide bonds. The number of hydrogen-bond acceptors (Lipinski definition) is 11. The summed E-state index contributed by atoms with van der Waals surface area (Å²) in [5.41, 5.74) is 17.9. The fourth-order valence-corrected chi connectivity index (χ4v) is 5.96. The molecule has 320 valence electrons. The van der Waals surface area contributed by atoms with Gasteiger partial charge in [0.2, 0.25) is 41.4 Å². The van der Waals surface area contributed by atoms with E-state index in [0.717, 1.165) is 0 Å². The van der Waals surface area contributed by atoms with Gasteiger partial charge in [-0.1, -0.05) is 44.5 Å². The molecule has 18 heteroatoms. The van der Waals surface area contributed by atoms with E-state index in [1.165, 1.54) is 31.2 Å². The van der Waals surface area contributed by atoms with E-state index < -0.39 is 84.0 Å². The maximum atomic E-state index is 13.7. The van der Waals surface area contributed by atoms with Crippen LogP contribution in [0.2, 0.25) is 0 Å². The molecule has 0 radical (unpaired) electrons. The predicted octanol–water partition coefficient (Wildman–Crippen LogP) is -0.767. The second kappa shape index (κ2) is 25.5. The lowest BCUT2D eigenvalue weighted by molar-refractivity contribution is -0.134. The molecule has 2 aromatic rings. The summed E-state index contributed by atoms with van der Waals surface area (Å²) in [6.07, 6.45) is 3.15. The standard InChI is InChI=1S/C40H61N9O9/c1-4-24(2)35(40(58)47-31(10-6-8-20-42)38(56)46-30(36(43)54)9-5-7-19-41)49-34(53)23-44-37(55)32(21-26-11-15-28(51)16-12-26)48-39(57)33(45-25(3)50)22-27-13-17-29(52)18-14-27/h11-18,24,30-33,35,51-52H,4-10,19-23,41-42H2,1-3H3,(H2,43,54)(H,44,55)(H,45,50)(H,46,56)(H,47,58)(H,48,57)(H,49,53)/t24-,30-,31-,32-,33-,35-/m0/s1. The van der Waals surface area contributed by atoms with Crippen LogP contribution in [0, 0.1) is 5.92 Å². The maximum absolute atomic E-state index is 13.7. The molecule has 0 fully saturated rings. The highest BCUT2D eigenvalue weighted by atomic mass is 16.3. The van der Waals surface area contributed by atoms with E-state index in [0.29, 0.717) is 56.3 Å². The zero-order valence-corrected chi connectivity index (χ0v) is 33.6. The Kier molecular flexibility index (Phi) is 21.3. The molecule has 0 aliphatic carbocycles. The van der Waals surface area contributed by atoms with Crippen LogP contribution >= 0.6 is 0 Å². The number of primary amides is 1. The first-order valence-electron chi connectivity index (χ1n) is 19.6. The topological polar surface area (TPSA) is 310 Å². The molecule has 0 heterocycles. The highest BCUT2D eigenvalue weighted by molar-refractivity contribution is 5.96. The van der Waals surface area contributed by atoms with Gasteiger partial charge in [0.25, 0.3) is 0 Å². The Bertz CT molecular complexity index is 1660. The van der Waals surface area contributed by atoms with Crippen molar-refractivity contribution < 1.29 is 43.8 Å². The second-order valence-corrected chi connectivity index (χ2v) is 14.3. The number of unbranched alkanes of at least 4 members (excludes halogenated alkanes) is 2. The Morgan fingerprint density at radius 3 is 1.52 bits per heavy atom. The van der Waals surface area contributed by atoms with E-state index in [1.54, 1.807) is 31.2 Å². The van der Waals surface area contributed by atoms with Gasteiger partial charge in [-0.05, 0) is 92.9 Å². The van der Waals surface area contributed by atoms with E-state index in [-0.39, 0.29) is 37.2 Å². The molecule has 58 heavy (non-hydrogen) atoms. The SMILES string of the molecule is CC[C@H](C)[C@H](NC(=O)CNC(=O)[C@H](Cc1ccc(O)cc1)NC(=O)[C@H](Cc1ccc(O)cc1)NC(C)=O)C(=O)N[C@@H](CCCCN)C(=O)N[C@@H](CCCCN)C(N)=O. The minimum absolute atomic E-state index is 0.0133. The Labute approximate surface area is 339 Å². The number of phenols is 2. The van der Waals surface area contributed by atoms with Crippen molar-refractivity contribution in [2.75, 3.05) is 19.6 Å². The number of amides is 7. The van der Waals surface area contributed by atoms with Crippen molar-refractivity contribution in [3.63, 3.8) is 0 Å². The van der Waals surface area contributed by atoms with Gasteiger partial charge in [0.15, 0.2) is 0 Å². The number of benzene rings is 2. The third-order valence-electron chi connectivity index (χ3n) is 9.50. The van der Waals surface area contributed by atoms with Crippen molar-refractivity contribution in [1.29, 1.82) is 0 Å². The first kappa shape index (κ1) is 48.4. The number of carbonyl (C=O) groups excluding carboxylic acids is 7. The first-order valence-corrected chi connectivity index (χ1v) is 19.6. The molecule has 0 unspecified atom stereocenters. The molecule has 0 aliphatic rings. The summed E-state index contributed by atoms with van der Waals surface area (Å²) < 4.78 is 0. The van der Waals surface area contributed by atoms with Gasteiger partial charge < -0.3 is 59.3 Å². The van der Waals surface area contributed by atoms with Gasteiger partial charge in [0.1, 0.15) is 41.7 Å². The molecule has 0 aromatic heterocycles. The molecule has 0 saturated carbocycles. The molecule has 2 aromatic carbocycles. The largest absolute Gasteiger partial charge is 0.508 e. The van der Waals surface area contributed by atoms with Crippen LogP contribution in [0.3, 0.4) is 0 Å². The average Bonchev–Trinajstić information content (AvgIpc) is 3.18. The van der Waals surface area contributed by atoms with Gasteiger partial charge >= 0.3 is 0 Å². The van der Waals surface area contributed by atoms with Crippen LogP contribution in [-0.2, 0) is 46.4 Å². The highest BCUT2D eigenvalue weighted by Crippen LogP contribution is 2.15. The van der Waals surface area contributed by atoms with Crippen molar-refractivity contribution in [3.05, 3.63) is 59.7 Å². The van der Waals surface area contributed by atoms with Gasteiger partial charge in [0.05, 0.1) is 6.54 Å². The van der Waals surface area contributed by atoms with E-state index in [9.17, 15) is 43.8 Å². The molecule has 0 bridgehead atoms. The number of carbonyl (C=O) groups is 7. The third kappa shape index (κ3) is 17.6. The fourth-order valence-electron chi connectivity index (χ4n) is 5.96. The van der Waals surface area contributed by atoms with E-state index in [1.807, 2.05) is 6.92 Å². The predicted molar refractivity (Wildman–Crippen MR) is 216 cm³/mol. The molecular formula is C40H61N9O9. The summed E-state index contributed by atoms with van der Waals surface area (Å²) >= 11 is 0. The van der Waals surface area contributed by atoms with Crippen molar-refractivity contribution in [3.8, 4) is 11.5 Å². The van der Waals surface area contributed by atoms with Crippen LogP contribution in [0.1, 0.15) is 76.8 Å². The van der Waals surface area contributed by atoms with E-state index in [4.69, 9.17) is 17.2 Å². The molecule has 0 spiro atoms. The lowest BCUT2D eigenvalue weighted by Crippen LogP contribution is -2.58. The van der Waals surface area contributed by atoms with Crippen molar-refractivity contribution in [2.45, 2.75) is 109 Å². The Morgan fingerprint density at radius 1 is 0.603 bits per heavy atom. The second-order valence-electron chi connectivity index (χ2n) is 14.3. The van der Waals surface area contributed by atoms with Gasteiger partial charge in [0, 0.05) is 19.8 Å². The number of hydrogen-bond donors (Lipinski definition) is 11. The molecule has 2 rings (SSSR count). The number of aromatic hydroxyl groups is 2. The smallest absolute Gasteiger partial charge is 0.243 e. The number of phenolic OH excluding ortho intramolecular Hbond substituents is 2. The molecule has 0 saturated heterocycles. The van der Waals surface area contributed by atoms with Crippen molar-refractivity contribution >= 4 is 41.4 Å². The Morgan fingerprint density at radius 2 is 1.05 bits per heavy atom. The normalized spacial score (nSPS) is 14.0. The molecule has 0 aliphatic heterocycles. The van der Waals surface area contributed by atoms with Gasteiger partial charge in [-0.3, -0.25) is 33.6 Å². The van der Waals surface area contributed by atoms with Crippen LogP contribution in [0.5, 0.6) is 11.5 Å². The minimum atomic E-state index is -1.25. The molecule has 14 N–H and O–H groups in total. The quantitative estimate of drug-likeness (QED) is 0.0525. The first-order chi connectivity index (χ1) is 27.6. The summed E-state index contributed by atoms with van der Waals surface area (Å²) in [4.78, 5) is 91.7. The average molecular weight is 812 g/mol. The lowest BCUT2D eigenvalue weighted by atomic mass is 9.97. The van der Waals surface area contributed by atoms with Crippen LogP contribution in [0.4, 0.5) is 0 Å².